The average Bonchev–Trinajstić information content (AvgIpc) is 3.01. The molecule has 29 heavy (non-hydrogen) atoms. The number of carbonyl (C=O) groups excluding carboxylic acids is 1. The molecule has 4 N–H and O–H groups in total. The second-order valence-corrected chi connectivity index (χ2v) is 7.30. The van der Waals surface area contributed by atoms with Gasteiger partial charge in [0.1, 0.15) is 23.1 Å². The number of benzene rings is 2. The molecule has 5 nitrogen and oxygen atoms in total. The Bertz CT molecular complexity index is 1080. The topological polar surface area (TPSA) is 80.0 Å². The van der Waals surface area contributed by atoms with E-state index in [1.807, 2.05) is 6.92 Å². The molecule has 1 aliphatic carbocycles. The van der Waals surface area contributed by atoms with E-state index in [-0.39, 0.29) is 29.1 Å². The van der Waals surface area contributed by atoms with Gasteiger partial charge in [-0.15, -0.1) is 0 Å². The Morgan fingerprint density at radius 1 is 1.03 bits per heavy atom. The number of aromatic nitrogens is 1. The fourth-order valence-corrected chi connectivity index (χ4v) is 3.61. The molecular weight excluding hydrogens is 374 g/mol. The monoisotopic (exact) mass is 394 g/mol. The van der Waals surface area contributed by atoms with Crippen LogP contribution in [0.4, 0.5) is 26.0 Å². The van der Waals surface area contributed by atoms with Crippen LogP contribution in [-0.4, -0.2) is 16.9 Å². The molecule has 1 aliphatic rings. The first kappa shape index (κ1) is 18.9. The lowest BCUT2D eigenvalue weighted by Crippen LogP contribution is -2.35. The van der Waals surface area contributed by atoms with Crippen LogP contribution in [0.15, 0.2) is 48.5 Å². The van der Waals surface area contributed by atoms with Crippen molar-refractivity contribution in [3.05, 3.63) is 82.5 Å². The van der Waals surface area contributed by atoms with Gasteiger partial charge < -0.3 is 16.4 Å². The van der Waals surface area contributed by atoms with Crippen LogP contribution in [0.3, 0.4) is 0 Å². The van der Waals surface area contributed by atoms with E-state index in [1.54, 1.807) is 0 Å². The Morgan fingerprint density at radius 3 is 2.52 bits per heavy atom. The number of rotatable bonds is 4. The van der Waals surface area contributed by atoms with E-state index >= 15 is 0 Å². The molecule has 0 bridgehead atoms. The third-order valence-corrected chi connectivity index (χ3v) is 4.84. The smallest absolute Gasteiger partial charge is 0.270 e. The first-order valence-corrected chi connectivity index (χ1v) is 9.26. The van der Waals surface area contributed by atoms with Crippen LogP contribution in [0, 0.1) is 18.6 Å². The molecular formula is C22H20F2N4O. The number of anilines is 3. The quantitative estimate of drug-likeness (QED) is 0.627. The highest BCUT2D eigenvalue weighted by Crippen LogP contribution is 2.24. The number of carbonyl (C=O) groups is 1. The van der Waals surface area contributed by atoms with E-state index < -0.39 is 11.6 Å². The van der Waals surface area contributed by atoms with Gasteiger partial charge in [0, 0.05) is 29.5 Å². The van der Waals surface area contributed by atoms with Crippen molar-refractivity contribution in [2.75, 3.05) is 11.1 Å². The van der Waals surface area contributed by atoms with Gasteiger partial charge in [-0.2, -0.15) is 0 Å². The maximum Gasteiger partial charge on any atom is 0.270 e. The third kappa shape index (κ3) is 4.34. The fourth-order valence-electron chi connectivity index (χ4n) is 3.61. The lowest BCUT2D eigenvalue weighted by molar-refractivity contribution is 0.0933. The van der Waals surface area contributed by atoms with E-state index in [0.29, 0.717) is 5.69 Å². The highest BCUT2D eigenvalue weighted by molar-refractivity contribution is 5.94. The standard InChI is InChI=1S/C22H20F2N4O/c1-12-2-3-13-5-18(6-14(13)4-12)27-22(29)20-10-17(25)11-21(28-20)26-19-8-15(23)7-16(24)9-19/h2-4,7-11,18H,5-6H2,1H3,(H,27,29)(H3,25,26,28). The van der Waals surface area contributed by atoms with Gasteiger partial charge in [0.15, 0.2) is 0 Å². The average molecular weight is 394 g/mol. The number of aryl methyl sites for hydroxylation is 1. The molecule has 3 aromatic rings. The van der Waals surface area contributed by atoms with Crippen molar-refractivity contribution in [1.29, 1.82) is 0 Å². The lowest BCUT2D eigenvalue weighted by Gasteiger charge is -2.13. The van der Waals surface area contributed by atoms with Gasteiger partial charge >= 0.3 is 0 Å². The fraction of sp³-hybridized carbons (Fsp3) is 0.182. The minimum absolute atomic E-state index is 0.0174. The number of nitrogen functional groups attached to an aromatic ring is 1. The van der Waals surface area contributed by atoms with Gasteiger partial charge in [-0.1, -0.05) is 23.8 Å². The molecule has 0 saturated carbocycles. The summed E-state index contributed by atoms with van der Waals surface area (Å²) in [7, 11) is 0. The molecule has 1 aromatic heterocycles. The van der Waals surface area contributed by atoms with Gasteiger partial charge in [-0.3, -0.25) is 4.79 Å². The zero-order chi connectivity index (χ0) is 20.5. The number of hydrogen-bond donors (Lipinski definition) is 3. The van der Waals surface area contributed by atoms with E-state index in [2.05, 4.69) is 33.8 Å². The number of nitrogens with one attached hydrogen (secondary N) is 2. The van der Waals surface area contributed by atoms with Crippen molar-refractivity contribution in [3.8, 4) is 0 Å². The Labute approximate surface area is 167 Å². The number of pyridine rings is 1. The molecule has 1 atom stereocenters. The lowest BCUT2D eigenvalue weighted by atomic mass is 10.1. The Kier molecular flexibility index (Phi) is 4.88. The Morgan fingerprint density at radius 2 is 1.76 bits per heavy atom. The number of amides is 1. The minimum Gasteiger partial charge on any atom is -0.399 e. The van der Waals surface area contributed by atoms with E-state index in [9.17, 15) is 13.6 Å². The Hall–Kier alpha value is -3.48. The maximum atomic E-state index is 13.4. The SMILES string of the molecule is Cc1ccc2c(c1)CC(NC(=O)c1cc(N)cc(Nc3cc(F)cc(F)c3)n1)C2. The molecule has 148 valence electrons. The van der Waals surface area contributed by atoms with Crippen molar-refractivity contribution in [2.24, 2.45) is 0 Å². The summed E-state index contributed by atoms with van der Waals surface area (Å²) in [5.74, 6) is -1.55. The molecule has 1 heterocycles. The van der Waals surface area contributed by atoms with Crippen molar-refractivity contribution < 1.29 is 13.6 Å². The van der Waals surface area contributed by atoms with Gasteiger partial charge in [0.05, 0.1) is 0 Å². The number of nitrogens with zero attached hydrogens (tertiary/aromatic N) is 1. The molecule has 0 fully saturated rings. The maximum absolute atomic E-state index is 13.4. The zero-order valence-corrected chi connectivity index (χ0v) is 15.8. The first-order chi connectivity index (χ1) is 13.9. The van der Waals surface area contributed by atoms with Crippen molar-refractivity contribution in [1.82, 2.24) is 10.3 Å². The summed E-state index contributed by atoms with van der Waals surface area (Å²) in [6.45, 7) is 2.04. The summed E-state index contributed by atoms with van der Waals surface area (Å²) in [6.07, 6.45) is 1.52. The van der Waals surface area contributed by atoms with E-state index in [4.69, 9.17) is 5.73 Å². The number of nitrogens with two attached hydrogens (primary N) is 1. The van der Waals surface area contributed by atoms with Crippen molar-refractivity contribution >= 4 is 23.1 Å². The molecule has 0 aliphatic heterocycles. The minimum atomic E-state index is -0.717. The van der Waals surface area contributed by atoms with Crippen molar-refractivity contribution in [2.45, 2.75) is 25.8 Å². The van der Waals surface area contributed by atoms with Crippen LogP contribution in [0.5, 0.6) is 0 Å². The molecule has 0 saturated heterocycles. The number of fused-ring (bicyclic) bond motifs is 1. The zero-order valence-electron chi connectivity index (χ0n) is 15.8. The van der Waals surface area contributed by atoms with Crippen LogP contribution in [0.1, 0.15) is 27.2 Å². The first-order valence-electron chi connectivity index (χ1n) is 9.26. The van der Waals surface area contributed by atoms with Crippen LogP contribution < -0.4 is 16.4 Å². The Balaban J connectivity index is 1.49. The highest BCUT2D eigenvalue weighted by Gasteiger charge is 2.24. The summed E-state index contributed by atoms with van der Waals surface area (Å²) in [5, 5.41) is 5.78. The molecule has 1 amide bonds. The number of halogens is 2. The van der Waals surface area contributed by atoms with Crippen LogP contribution in [-0.2, 0) is 12.8 Å². The van der Waals surface area contributed by atoms with E-state index in [1.165, 1.54) is 28.8 Å². The molecule has 7 heteroatoms. The molecule has 0 spiro atoms. The van der Waals surface area contributed by atoms with Gasteiger partial charge in [-0.05, 0) is 49.1 Å². The number of hydrogen-bond acceptors (Lipinski definition) is 4. The summed E-state index contributed by atoms with van der Waals surface area (Å²) >= 11 is 0. The van der Waals surface area contributed by atoms with Crippen LogP contribution in [0.2, 0.25) is 0 Å². The van der Waals surface area contributed by atoms with Gasteiger partial charge in [0.25, 0.3) is 5.91 Å². The van der Waals surface area contributed by atoms with Crippen molar-refractivity contribution in [3.63, 3.8) is 0 Å². The summed E-state index contributed by atoms with van der Waals surface area (Å²) in [4.78, 5) is 17.0. The molecule has 2 aromatic carbocycles. The molecule has 0 radical (unpaired) electrons. The van der Waals surface area contributed by atoms with Crippen LogP contribution >= 0.6 is 0 Å². The molecule has 1 unspecified atom stereocenters. The summed E-state index contributed by atoms with van der Waals surface area (Å²) < 4.78 is 26.8. The van der Waals surface area contributed by atoms with Crippen LogP contribution in [0.25, 0.3) is 0 Å². The highest BCUT2D eigenvalue weighted by atomic mass is 19.1. The second kappa shape index (κ2) is 7.50. The predicted molar refractivity (Wildman–Crippen MR) is 108 cm³/mol. The molecule has 4 rings (SSSR count). The summed E-state index contributed by atoms with van der Waals surface area (Å²) in [6, 6.07) is 12.3. The second-order valence-electron chi connectivity index (χ2n) is 7.30. The normalized spacial score (nSPS) is 15.1. The van der Waals surface area contributed by atoms with Gasteiger partial charge in [-0.25, -0.2) is 13.8 Å². The van der Waals surface area contributed by atoms with Gasteiger partial charge in [0.2, 0.25) is 0 Å². The third-order valence-electron chi connectivity index (χ3n) is 4.84. The predicted octanol–water partition coefficient (Wildman–Crippen LogP) is 3.89. The van der Waals surface area contributed by atoms with E-state index in [0.717, 1.165) is 31.0 Å². The summed E-state index contributed by atoms with van der Waals surface area (Å²) in [5.41, 5.74) is 10.2. The largest absolute Gasteiger partial charge is 0.399 e.